The van der Waals surface area contributed by atoms with E-state index in [0.717, 1.165) is 11.1 Å². The zero-order valence-electron chi connectivity index (χ0n) is 14.1. The number of H-pyrrole nitrogens is 1. The molecule has 0 aliphatic heterocycles. The Labute approximate surface area is 145 Å². The molecule has 0 unspecified atom stereocenters. The normalized spacial score (nSPS) is 11.5. The van der Waals surface area contributed by atoms with Crippen molar-refractivity contribution >= 4 is 26.8 Å². The SMILES string of the molecule is COc1ccc2[nH]c(C)c(C(=O)NS(=O)(=O)c3ccc(C)cc3)c2c1. The molecular weight excluding hydrogens is 340 g/mol. The quantitative estimate of drug-likeness (QED) is 0.750. The molecule has 1 amide bonds. The van der Waals surface area contributed by atoms with Crippen molar-refractivity contribution < 1.29 is 17.9 Å². The van der Waals surface area contributed by atoms with E-state index in [1.807, 2.05) is 6.92 Å². The van der Waals surface area contributed by atoms with E-state index in [4.69, 9.17) is 4.74 Å². The highest BCUT2D eigenvalue weighted by Crippen LogP contribution is 2.26. The summed E-state index contributed by atoms with van der Waals surface area (Å²) in [6, 6.07) is 11.6. The van der Waals surface area contributed by atoms with Gasteiger partial charge < -0.3 is 9.72 Å². The fourth-order valence-corrected chi connectivity index (χ4v) is 3.63. The van der Waals surface area contributed by atoms with Crippen molar-refractivity contribution in [1.29, 1.82) is 0 Å². The molecule has 7 heteroatoms. The van der Waals surface area contributed by atoms with Gasteiger partial charge in [0.05, 0.1) is 17.6 Å². The van der Waals surface area contributed by atoms with Gasteiger partial charge in [-0.15, -0.1) is 0 Å². The molecule has 0 saturated carbocycles. The number of aryl methyl sites for hydroxylation is 2. The lowest BCUT2D eigenvalue weighted by Crippen LogP contribution is -2.30. The van der Waals surface area contributed by atoms with Gasteiger partial charge in [-0.05, 0) is 44.2 Å². The second-order valence-electron chi connectivity index (χ2n) is 5.78. The number of sulfonamides is 1. The number of rotatable bonds is 4. The molecule has 0 radical (unpaired) electrons. The van der Waals surface area contributed by atoms with Crippen LogP contribution >= 0.6 is 0 Å². The van der Waals surface area contributed by atoms with Crippen LogP contribution in [0.25, 0.3) is 10.9 Å². The van der Waals surface area contributed by atoms with E-state index in [1.54, 1.807) is 37.3 Å². The number of hydrogen-bond donors (Lipinski definition) is 2. The molecule has 6 nitrogen and oxygen atoms in total. The highest BCUT2D eigenvalue weighted by atomic mass is 32.2. The van der Waals surface area contributed by atoms with Gasteiger partial charge in [-0.2, -0.15) is 0 Å². The molecule has 0 aliphatic carbocycles. The van der Waals surface area contributed by atoms with E-state index in [9.17, 15) is 13.2 Å². The van der Waals surface area contributed by atoms with Crippen LogP contribution in [0.5, 0.6) is 5.75 Å². The Hall–Kier alpha value is -2.80. The van der Waals surface area contributed by atoms with E-state index in [2.05, 4.69) is 9.71 Å². The van der Waals surface area contributed by atoms with Gasteiger partial charge >= 0.3 is 0 Å². The van der Waals surface area contributed by atoms with Crippen molar-refractivity contribution in [2.45, 2.75) is 18.7 Å². The van der Waals surface area contributed by atoms with Gasteiger partial charge in [0.15, 0.2) is 0 Å². The predicted molar refractivity (Wildman–Crippen MR) is 95.4 cm³/mol. The second kappa shape index (κ2) is 6.25. The minimum absolute atomic E-state index is 0.0431. The Bertz CT molecular complexity index is 1050. The zero-order chi connectivity index (χ0) is 18.2. The molecule has 25 heavy (non-hydrogen) atoms. The molecule has 3 aromatic rings. The van der Waals surface area contributed by atoms with Gasteiger partial charge in [-0.3, -0.25) is 4.79 Å². The maximum absolute atomic E-state index is 12.6. The zero-order valence-corrected chi connectivity index (χ0v) is 14.9. The van der Waals surface area contributed by atoms with Crippen LogP contribution in [0.3, 0.4) is 0 Å². The molecule has 0 saturated heterocycles. The van der Waals surface area contributed by atoms with E-state index >= 15 is 0 Å². The summed E-state index contributed by atoms with van der Waals surface area (Å²) in [6.45, 7) is 3.58. The maximum Gasteiger partial charge on any atom is 0.267 e. The third-order valence-electron chi connectivity index (χ3n) is 3.98. The van der Waals surface area contributed by atoms with Crippen molar-refractivity contribution in [3.8, 4) is 5.75 Å². The highest BCUT2D eigenvalue weighted by Gasteiger charge is 2.23. The molecule has 0 spiro atoms. The highest BCUT2D eigenvalue weighted by molar-refractivity contribution is 7.90. The Kier molecular flexibility index (Phi) is 4.26. The van der Waals surface area contributed by atoms with Crippen LogP contribution in [-0.2, 0) is 10.0 Å². The van der Waals surface area contributed by atoms with Crippen molar-refractivity contribution in [1.82, 2.24) is 9.71 Å². The Morgan fingerprint density at radius 3 is 2.40 bits per heavy atom. The fraction of sp³-hybridized carbons (Fsp3) is 0.167. The number of aromatic amines is 1. The van der Waals surface area contributed by atoms with Gasteiger partial charge in [0.25, 0.3) is 15.9 Å². The van der Waals surface area contributed by atoms with Gasteiger partial charge in [0.2, 0.25) is 0 Å². The Morgan fingerprint density at radius 2 is 1.76 bits per heavy atom. The van der Waals surface area contributed by atoms with Crippen LogP contribution in [0.15, 0.2) is 47.4 Å². The predicted octanol–water partition coefficient (Wildman–Crippen LogP) is 2.91. The Balaban J connectivity index is 1.99. The van der Waals surface area contributed by atoms with Crippen LogP contribution in [0.4, 0.5) is 0 Å². The monoisotopic (exact) mass is 358 g/mol. The largest absolute Gasteiger partial charge is 0.497 e. The van der Waals surface area contributed by atoms with Crippen LogP contribution < -0.4 is 9.46 Å². The summed E-state index contributed by atoms with van der Waals surface area (Å²) in [5.74, 6) is -0.0977. The number of fused-ring (bicyclic) bond motifs is 1. The summed E-state index contributed by atoms with van der Waals surface area (Å²) in [5, 5.41) is 0.605. The lowest BCUT2D eigenvalue weighted by molar-refractivity contribution is 0.0982. The number of amides is 1. The van der Waals surface area contributed by atoms with Crippen molar-refractivity contribution in [3.05, 3.63) is 59.3 Å². The number of hydrogen-bond acceptors (Lipinski definition) is 4. The van der Waals surface area contributed by atoms with Gasteiger partial charge in [-0.25, -0.2) is 13.1 Å². The number of carbonyl (C=O) groups excluding carboxylic acids is 1. The average Bonchev–Trinajstić information content (AvgIpc) is 2.89. The van der Waals surface area contributed by atoms with Crippen LogP contribution in [0.2, 0.25) is 0 Å². The molecule has 0 aliphatic rings. The fourth-order valence-electron chi connectivity index (χ4n) is 2.67. The number of methoxy groups -OCH3 is 1. The summed E-state index contributed by atoms with van der Waals surface area (Å²) in [6.07, 6.45) is 0. The second-order valence-corrected chi connectivity index (χ2v) is 7.47. The summed E-state index contributed by atoms with van der Waals surface area (Å²) >= 11 is 0. The molecule has 2 aromatic carbocycles. The van der Waals surface area contributed by atoms with Crippen molar-refractivity contribution in [3.63, 3.8) is 0 Å². The Morgan fingerprint density at radius 1 is 1.08 bits per heavy atom. The first kappa shape index (κ1) is 17.0. The van der Waals surface area contributed by atoms with E-state index in [0.29, 0.717) is 16.8 Å². The molecule has 2 N–H and O–H groups in total. The van der Waals surface area contributed by atoms with Gasteiger partial charge in [0.1, 0.15) is 5.75 Å². The smallest absolute Gasteiger partial charge is 0.267 e. The summed E-state index contributed by atoms with van der Waals surface area (Å²) in [7, 11) is -2.42. The molecular formula is C18H18N2O4S. The third kappa shape index (κ3) is 3.23. The van der Waals surface area contributed by atoms with Gasteiger partial charge in [-0.1, -0.05) is 17.7 Å². The van der Waals surface area contributed by atoms with Crippen LogP contribution in [0.1, 0.15) is 21.6 Å². The van der Waals surface area contributed by atoms with Gasteiger partial charge in [0, 0.05) is 16.6 Å². The van der Waals surface area contributed by atoms with Crippen molar-refractivity contribution in [2.75, 3.05) is 7.11 Å². The molecule has 0 atom stereocenters. The average molecular weight is 358 g/mol. The van der Waals surface area contributed by atoms with E-state index in [1.165, 1.54) is 19.2 Å². The number of ether oxygens (including phenoxy) is 1. The standard InChI is InChI=1S/C18H18N2O4S/c1-11-4-7-14(8-5-11)25(22,23)20-18(21)17-12(2)19-16-9-6-13(24-3)10-15(16)17/h4-10,19H,1-3H3,(H,20,21). The number of nitrogens with one attached hydrogen (secondary N) is 2. The summed E-state index contributed by atoms with van der Waals surface area (Å²) < 4.78 is 32.2. The van der Waals surface area contributed by atoms with Crippen molar-refractivity contribution in [2.24, 2.45) is 0 Å². The molecule has 0 bridgehead atoms. The molecule has 0 fully saturated rings. The first-order chi connectivity index (χ1) is 11.8. The minimum atomic E-state index is -3.95. The van der Waals surface area contributed by atoms with Crippen LogP contribution in [-0.4, -0.2) is 26.4 Å². The number of carbonyl (C=O) groups is 1. The first-order valence-corrected chi connectivity index (χ1v) is 9.10. The summed E-state index contributed by atoms with van der Waals surface area (Å²) in [5.41, 5.74) is 2.53. The van der Waals surface area contributed by atoms with E-state index in [-0.39, 0.29) is 10.5 Å². The topological polar surface area (TPSA) is 88.3 Å². The molecule has 1 heterocycles. The number of aromatic nitrogens is 1. The number of benzene rings is 2. The first-order valence-electron chi connectivity index (χ1n) is 7.62. The lowest BCUT2D eigenvalue weighted by Gasteiger charge is -2.08. The van der Waals surface area contributed by atoms with Crippen LogP contribution in [0, 0.1) is 13.8 Å². The third-order valence-corrected chi connectivity index (χ3v) is 5.33. The minimum Gasteiger partial charge on any atom is -0.497 e. The molecule has 1 aromatic heterocycles. The maximum atomic E-state index is 12.6. The lowest BCUT2D eigenvalue weighted by atomic mass is 10.1. The summed E-state index contributed by atoms with van der Waals surface area (Å²) in [4.78, 5) is 15.8. The molecule has 3 rings (SSSR count). The van der Waals surface area contributed by atoms with E-state index < -0.39 is 15.9 Å². The molecule has 130 valence electrons.